The van der Waals surface area contributed by atoms with Crippen molar-refractivity contribution in [3.8, 4) is 0 Å². The predicted molar refractivity (Wildman–Crippen MR) is 71.9 cm³/mol. The summed E-state index contributed by atoms with van der Waals surface area (Å²) in [6.07, 6.45) is 1.77. The molecule has 0 fully saturated rings. The van der Waals surface area contributed by atoms with Crippen LogP contribution in [0.25, 0.3) is 0 Å². The molecule has 2 unspecified atom stereocenters. The van der Waals surface area contributed by atoms with E-state index >= 15 is 0 Å². The number of H-pyrrole nitrogens is 1. The summed E-state index contributed by atoms with van der Waals surface area (Å²) in [5.74, 6) is -0.153. The molecule has 1 aromatic heterocycles. The van der Waals surface area contributed by atoms with Crippen LogP contribution in [0, 0.1) is 6.92 Å². The number of aryl methyl sites for hydroxylation is 1. The Kier molecular flexibility index (Phi) is 2.87. The van der Waals surface area contributed by atoms with Crippen molar-refractivity contribution in [3.05, 3.63) is 58.9 Å². The number of carbonyl (C=O) groups excluding carboxylic acids is 1. The minimum Gasteiger partial charge on any atom is -0.390 e. The third kappa shape index (κ3) is 2.04. The minimum absolute atomic E-state index is 0.153. The Morgan fingerprint density at radius 3 is 2.89 bits per heavy atom. The van der Waals surface area contributed by atoms with Crippen LogP contribution >= 0.6 is 0 Å². The lowest BCUT2D eigenvalue weighted by molar-refractivity contribution is 0.0857. The number of aromatic amines is 1. The van der Waals surface area contributed by atoms with Gasteiger partial charge in [0.25, 0.3) is 5.91 Å². The highest BCUT2D eigenvalue weighted by molar-refractivity contribution is 5.95. The highest BCUT2D eigenvalue weighted by Gasteiger charge is 2.32. The minimum atomic E-state index is -0.555. The molecule has 4 heteroatoms. The Morgan fingerprint density at radius 1 is 1.37 bits per heavy atom. The van der Waals surface area contributed by atoms with E-state index in [9.17, 15) is 9.90 Å². The van der Waals surface area contributed by atoms with Crippen LogP contribution < -0.4 is 5.32 Å². The molecule has 1 amide bonds. The molecule has 0 radical (unpaired) electrons. The molecule has 1 aliphatic rings. The van der Waals surface area contributed by atoms with Crippen molar-refractivity contribution in [2.24, 2.45) is 0 Å². The molecule has 2 aromatic rings. The summed E-state index contributed by atoms with van der Waals surface area (Å²) in [5.41, 5.74) is 3.57. The number of carbonyl (C=O) groups is 1. The predicted octanol–water partition coefficient (Wildman–Crippen LogP) is 1.71. The molecule has 19 heavy (non-hydrogen) atoms. The molecule has 0 saturated heterocycles. The zero-order valence-corrected chi connectivity index (χ0v) is 10.7. The van der Waals surface area contributed by atoms with E-state index in [4.69, 9.17) is 0 Å². The second-order valence-corrected chi connectivity index (χ2v) is 4.94. The number of rotatable bonds is 2. The van der Waals surface area contributed by atoms with Crippen LogP contribution in [0.4, 0.5) is 0 Å². The molecule has 1 aliphatic carbocycles. The van der Waals surface area contributed by atoms with Crippen molar-refractivity contribution < 1.29 is 9.90 Å². The van der Waals surface area contributed by atoms with Crippen molar-refractivity contribution in [1.82, 2.24) is 10.3 Å². The van der Waals surface area contributed by atoms with E-state index in [2.05, 4.69) is 10.3 Å². The van der Waals surface area contributed by atoms with Crippen LogP contribution in [0.5, 0.6) is 0 Å². The topological polar surface area (TPSA) is 65.1 Å². The molecule has 2 atom stereocenters. The van der Waals surface area contributed by atoms with Gasteiger partial charge < -0.3 is 15.4 Å². The van der Waals surface area contributed by atoms with Gasteiger partial charge in [-0.1, -0.05) is 24.3 Å². The Bertz CT molecular complexity index is 618. The quantitative estimate of drug-likeness (QED) is 0.766. The van der Waals surface area contributed by atoms with Crippen LogP contribution in [-0.4, -0.2) is 22.1 Å². The summed E-state index contributed by atoms with van der Waals surface area (Å²) >= 11 is 0. The van der Waals surface area contributed by atoms with Crippen molar-refractivity contribution in [2.45, 2.75) is 25.5 Å². The summed E-state index contributed by atoms with van der Waals surface area (Å²) in [4.78, 5) is 15.2. The molecule has 0 aliphatic heterocycles. The number of aromatic nitrogens is 1. The van der Waals surface area contributed by atoms with E-state index in [0.29, 0.717) is 12.0 Å². The lowest BCUT2D eigenvalue weighted by Crippen LogP contribution is -2.34. The largest absolute Gasteiger partial charge is 0.390 e. The smallest absolute Gasteiger partial charge is 0.253 e. The second kappa shape index (κ2) is 4.55. The summed E-state index contributed by atoms with van der Waals surface area (Å²) in [6.45, 7) is 1.86. The summed E-state index contributed by atoms with van der Waals surface area (Å²) in [7, 11) is 0. The maximum absolute atomic E-state index is 12.2. The SMILES string of the molecule is Cc1[nH]ccc1C(=O)NC1c2ccccc2CC1O. The van der Waals surface area contributed by atoms with Crippen molar-refractivity contribution >= 4 is 5.91 Å². The van der Waals surface area contributed by atoms with Crippen molar-refractivity contribution in [2.75, 3.05) is 0 Å². The average Bonchev–Trinajstić information content (AvgIpc) is 2.94. The van der Waals surface area contributed by atoms with Gasteiger partial charge >= 0.3 is 0 Å². The molecular formula is C15H16N2O2. The van der Waals surface area contributed by atoms with E-state index in [1.54, 1.807) is 12.3 Å². The molecule has 3 N–H and O–H groups in total. The fraction of sp³-hybridized carbons (Fsp3) is 0.267. The average molecular weight is 256 g/mol. The number of aliphatic hydroxyl groups excluding tert-OH is 1. The number of nitrogens with one attached hydrogen (secondary N) is 2. The van der Waals surface area contributed by atoms with Gasteiger partial charge in [0.15, 0.2) is 0 Å². The summed E-state index contributed by atoms with van der Waals surface area (Å²) < 4.78 is 0. The number of amides is 1. The van der Waals surface area contributed by atoms with E-state index in [1.807, 2.05) is 31.2 Å². The molecule has 1 aromatic carbocycles. The molecule has 0 saturated carbocycles. The van der Waals surface area contributed by atoms with E-state index in [1.165, 1.54) is 0 Å². The molecule has 98 valence electrons. The number of hydrogen-bond donors (Lipinski definition) is 3. The number of fused-ring (bicyclic) bond motifs is 1. The lowest BCUT2D eigenvalue weighted by Gasteiger charge is -2.17. The van der Waals surface area contributed by atoms with Gasteiger partial charge in [0, 0.05) is 18.3 Å². The normalized spacial score (nSPS) is 21.2. The van der Waals surface area contributed by atoms with Crippen LogP contribution in [0.15, 0.2) is 36.5 Å². The van der Waals surface area contributed by atoms with E-state index < -0.39 is 6.10 Å². The summed E-state index contributed by atoms with van der Waals surface area (Å²) in [6, 6.07) is 9.26. The lowest BCUT2D eigenvalue weighted by atomic mass is 10.1. The standard InChI is InChI=1S/C15H16N2O2/c1-9-11(6-7-16-9)15(19)17-14-12-5-3-2-4-10(12)8-13(14)18/h2-7,13-14,16,18H,8H2,1H3,(H,17,19). The maximum Gasteiger partial charge on any atom is 0.253 e. The van der Waals surface area contributed by atoms with E-state index in [-0.39, 0.29) is 11.9 Å². The van der Waals surface area contributed by atoms with Crippen LogP contribution in [0.1, 0.15) is 33.2 Å². The first-order valence-electron chi connectivity index (χ1n) is 6.37. The zero-order valence-electron chi connectivity index (χ0n) is 10.7. The third-order valence-electron chi connectivity index (χ3n) is 3.69. The van der Waals surface area contributed by atoms with Gasteiger partial charge in [-0.05, 0) is 24.1 Å². The highest BCUT2D eigenvalue weighted by Crippen LogP contribution is 2.31. The Balaban J connectivity index is 1.84. The van der Waals surface area contributed by atoms with Crippen LogP contribution in [-0.2, 0) is 6.42 Å². The fourth-order valence-electron chi connectivity index (χ4n) is 2.67. The van der Waals surface area contributed by atoms with Crippen LogP contribution in [0.2, 0.25) is 0 Å². The molecule has 3 rings (SSSR count). The Morgan fingerprint density at radius 2 is 2.16 bits per heavy atom. The third-order valence-corrected chi connectivity index (χ3v) is 3.69. The first-order chi connectivity index (χ1) is 9.16. The number of hydrogen-bond acceptors (Lipinski definition) is 2. The van der Waals surface area contributed by atoms with E-state index in [0.717, 1.165) is 16.8 Å². The van der Waals surface area contributed by atoms with Gasteiger partial charge in [-0.3, -0.25) is 4.79 Å². The Labute approximate surface area is 111 Å². The fourth-order valence-corrected chi connectivity index (χ4v) is 2.67. The molecule has 1 heterocycles. The van der Waals surface area contributed by atoms with Crippen molar-refractivity contribution in [1.29, 1.82) is 0 Å². The first-order valence-corrected chi connectivity index (χ1v) is 6.37. The van der Waals surface area contributed by atoms with Gasteiger partial charge in [-0.25, -0.2) is 0 Å². The van der Waals surface area contributed by atoms with Gasteiger partial charge in [0.05, 0.1) is 17.7 Å². The number of aliphatic hydroxyl groups is 1. The monoisotopic (exact) mass is 256 g/mol. The zero-order chi connectivity index (χ0) is 13.4. The number of benzene rings is 1. The van der Waals surface area contributed by atoms with Crippen molar-refractivity contribution in [3.63, 3.8) is 0 Å². The first kappa shape index (κ1) is 12.0. The molecule has 0 spiro atoms. The second-order valence-electron chi connectivity index (χ2n) is 4.94. The van der Waals surface area contributed by atoms with Crippen LogP contribution in [0.3, 0.4) is 0 Å². The van der Waals surface area contributed by atoms with Gasteiger partial charge in [-0.15, -0.1) is 0 Å². The van der Waals surface area contributed by atoms with Gasteiger partial charge in [-0.2, -0.15) is 0 Å². The summed E-state index contributed by atoms with van der Waals surface area (Å²) in [5, 5.41) is 13.0. The maximum atomic E-state index is 12.2. The molecule has 0 bridgehead atoms. The van der Waals surface area contributed by atoms with Gasteiger partial charge in [0.1, 0.15) is 0 Å². The highest BCUT2D eigenvalue weighted by atomic mass is 16.3. The van der Waals surface area contributed by atoms with Gasteiger partial charge in [0.2, 0.25) is 0 Å². The Hall–Kier alpha value is -2.07. The molecule has 4 nitrogen and oxygen atoms in total. The molecular weight excluding hydrogens is 240 g/mol.